The molecule has 0 saturated carbocycles. The van der Waals surface area contributed by atoms with Gasteiger partial charge >= 0.3 is 5.97 Å². The van der Waals surface area contributed by atoms with Crippen molar-refractivity contribution in [2.24, 2.45) is 0 Å². The van der Waals surface area contributed by atoms with Gasteiger partial charge in [-0.25, -0.2) is 4.79 Å². The molecule has 0 saturated heterocycles. The Labute approximate surface area is 158 Å². The van der Waals surface area contributed by atoms with Gasteiger partial charge in [-0.05, 0) is 37.1 Å². The lowest BCUT2D eigenvalue weighted by Crippen LogP contribution is -2.16. The van der Waals surface area contributed by atoms with E-state index >= 15 is 0 Å². The van der Waals surface area contributed by atoms with Gasteiger partial charge in [-0.2, -0.15) is 0 Å². The van der Waals surface area contributed by atoms with E-state index in [1.54, 1.807) is 20.1 Å². The summed E-state index contributed by atoms with van der Waals surface area (Å²) in [7, 11) is 1.64. The van der Waals surface area contributed by atoms with Crippen molar-refractivity contribution in [1.82, 2.24) is 0 Å². The van der Waals surface area contributed by atoms with E-state index in [9.17, 15) is 4.79 Å². The van der Waals surface area contributed by atoms with Gasteiger partial charge in [0, 0.05) is 17.5 Å². The molecule has 3 rings (SSSR count). The SMILES string of the molecule is CCOC(=O)COc1cc2c(cc1[C@H](CC)c1ccc(OC)cc1)OCO2. The molecule has 1 atom stereocenters. The second-order valence-electron chi connectivity index (χ2n) is 6.07. The zero-order valence-corrected chi connectivity index (χ0v) is 15.8. The molecule has 0 N–H and O–H groups in total. The summed E-state index contributed by atoms with van der Waals surface area (Å²) in [5, 5.41) is 0. The predicted molar refractivity (Wildman–Crippen MR) is 99.8 cm³/mol. The lowest BCUT2D eigenvalue weighted by atomic mass is 9.88. The normalized spacial score (nSPS) is 13.1. The van der Waals surface area contributed by atoms with Gasteiger partial charge in [0.05, 0.1) is 13.7 Å². The summed E-state index contributed by atoms with van der Waals surface area (Å²) >= 11 is 0. The second kappa shape index (κ2) is 8.66. The highest BCUT2D eigenvalue weighted by Gasteiger charge is 2.24. The van der Waals surface area contributed by atoms with E-state index in [4.69, 9.17) is 23.7 Å². The molecule has 0 unspecified atom stereocenters. The van der Waals surface area contributed by atoms with Gasteiger partial charge in [0.1, 0.15) is 11.5 Å². The van der Waals surface area contributed by atoms with Crippen molar-refractivity contribution in [3.05, 3.63) is 47.5 Å². The van der Waals surface area contributed by atoms with Crippen LogP contribution >= 0.6 is 0 Å². The maximum absolute atomic E-state index is 11.7. The van der Waals surface area contributed by atoms with Crippen LogP contribution in [0.25, 0.3) is 0 Å². The topological polar surface area (TPSA) is 63.2 Å². The molecule has 6 heteroatoms. The van der Waals surface area contributed by atoms with E-state index in [2.05, 4.69) is 6.92 Å². The summed E-state index contributed by atoms with van der Waals surface area (Å²) < 4.78 is 27.0. The Morgan fingerprint density at radius 2 is 1.81 bits per heavy atom. The molecule has 0 aliphatic carbocycles. The monoisotopic (exact) mass is 372 g/mol. The number of esters is 1. The fourth-order valence-electron chi connectivity index (χ4n) is 3.15. The lowest BCUT2D eigenvalue weighted by molar-refractivity contribution is -0.145. The molecule has 1 aliphatic heterocycles. The van der Waals surface area contributed by atoms with Crippen LogP contribution in [0.2, 0.25) is 0 Å². The first-order valence-electron chi connectivity index (χ1n) is 9.02. The van der Waals surface area contributed by atoms with E-state index < -0.39 is 5.97 Å². The third-order valence-corrected chi connectivity index (χ3v) is 4.46. The highest BCUT2D eigenvalue weighted by Crippen LogP contribution is 2.43. The Morgan fingerprint density at radius 1 is 1.11 bits per heavy atom. The molecular formula is C21H24O6. The van der Waals surface area contributed by atoms with Crippen LogP contribution in [-0.4, -0.2) is 33.1 Å². The van der Waals surface area contributed by atoms with Crippen LogP contribution in [-0.2, 0) is 9.53 Å². The number of carbonyl (C=O) groups is 1. The third kappa shape index (κ3) is 4.27. The first-order valence-corrected chi connectivity index (χ1v) is 9.02. The van der Waals surface area contributed by atoms with Crippen LogP contribution in [0, 0.1) is 0 Å². The zero-order chi connectivity index (χ0) is 19.2. The number of fused-ring (bicyclic) bond motifs is 1. The molecule has 0 spiro atoms. The Balaban J connectivity index is 1.93. The Kier molecular flexibility index (Phi) is 6.06. The van der Waals surface area contributed by atoms with Crippen molar-refractivity contribution in [3.63, 3.8) is 0 Å². The quantitative estimate of drug-likeness (QED) is 0.655. The molecule has 27 heavy (non-hydrogen) atoms. The second-order valence-corrected chi connectivity index (χ2v) is 6.07. The Morgan fingerprint density at radius 3 is 2.44 bits per heavy atom. The van der Waals surface area contributed by atoms with Gasteiger partial charge in [-0.3, -0.25) is 0 Å². The largest absolute Gasteiger partial charge is 0.497 e. The highest BCUT2D eigenvalue weighted by molar-refractivity contribution is 5.71. The minimum absolute atomic E-state index is 0.0719. The molecule has 0 aromatic heterocycles. The van der Waals surface area contributed by atoms with Gasteiger partial charge in [0.2, 0.25) is 6.79 Å². The van der Waals surface area contributed by atoms with Crippen molar-refractivity contribution in [1.29, 1.82) is 0 Å². The number of hydrogen-bond donors (Lipinski definition) is 0. The third-order valence-electron chi connectivity index (χ3n) is 4.46. The van der Waals surface area contributed by atoms with Gasteiger partial charge < -0.3 is 23.7 Å². The van der Waals surface area contributed by atoms with Crippen LogP contribution < -0.4 is 18.9 Å². The van der Waals surface area contributed by atoms with Crippen LogP contribution in [0.1, 0.15) is 37.3 Å². The summed E-state index contributed by atoms with van der Waals surface area (Å²) in [5.41, 5.74) is 2.06. The molecule has 0 fully saturated rings. The molecule has 2 aromatic carbocycles. The lowest BCUT2D eigenvalue weighted by Gasteiger charge is -2.20. The highest BCUT2D eigenvalue weighted by atomic mass is 16.7. The Hall–Kier alpha value is -2.89. The average molecular weight is 372 g/mol. The minimum Gasteiger partial charge on any atom is -0.497 e. The molecule has 144 valence electrons. The van der Waals surface area contributed by atoms with Crippen LogP contribution in [0.15, 0.2) is 36.4 Å². The summed E-state index contributed by atoms with van der Waals surface area (Å²) in [6.07, 6.45) is 0.849. The molecule has 2 aromatic rings. The van der Waals surface area contributed by atoms with E-state index in [0.29, 0.717) is 23.9 Å². The number of benzene rings is 2. The summed E-state index contributed by atoms with van der Waals surface area (Å²) in [6.45, 7) is 4.21. The first-order chi connectivity index (χ1) is 13.2. The molecule has 0 bridgehead atoms. The minimum atomic E-state index is -0.404. The van der Waals surface area contributed by atoms with Gasteiger partial charge in [0.15, 0.2) is 18.1 Å². The molecule has 1 aliphatic rings. The predicted octanol–water partition coefficient (Wildman–Crippen LogP) is 3.91. The fraction of sp³-hybridized carbons (Fsp3) is 0.381. The number of methoxy groups -OCH3 is 1. The molecule has 0 radical (unpaired) electrons. The number of rotatable bonds is 8. The number of carbonyl (C=O) groups excluding carboxylic acids is 1. The van der Waals surface area contributed by atoms with Crippen LogP contribution in [0.3, 0.4) is 0 Å². The maximum atomic E-state index is 11.7. The van der Waals surface area contributed by atoms with Gasteiger partial charge in [0.25, 0.3) is 0 Å². The molecular weight excluding hydrogens is 348 g/mol. The smallest absolute Gasteiger partial charge is 0.344 e. The summed E-state index contributed by atoms with van der Waals surface area (Å²) in [4.78, 5) is 11.7. The van der Waals surface area contributed by atoms with Crippen LogP contribution in [0.5, 0.6) is 23.0 Å². The van der Waals surface area contributed by atoms with Crippen molar-refractivity contribution in [2.45, 2.75) is 26.2 Å². The maximum Gasteiger partial charge on any atom is 0.344 e. The van der Waals surface area contributed by atoms with E-state index in [-0.39, 0.29) is 19.3 Å². The van der Waals surface area contributed by atoms with Crippen molar-refractivity contribution < 1.29 is 28.5 Å². The average Bonchev–Trinajstić information content (AvgIpc) is 3.15. The first kappa shape index (κ1) is 18.9. The van der Waals surface area contributed by atoms with Gasteiger partial charge in [-0.15, -0.1) is 0 Å². The van der Waals surface area contributed by atoms with E-state index in [1.807, 2.05) is 30.3 Å². The zero-order valence-electron chi connectivity index (χ0n) is 15.8. The fourth-order valence-corrected chi connectivity index (χ4v) is 3.15. The van der Waals surface area contributed by atoms with Crippen LogP contribution in [0.4, 0.5) is 0 Å². The van der Waals surface area contributed by atoms with Crippen molar-refractivity contribution in [2.75, 3.05) is 27.1 Å². The Bertz CT molecular complexity index is 784. The van der Waals surface area contributed by atoms with E-state index in [0.717, 1.165) is 23.3 Å². The number of ether oxygens (including phenoxy) is 5. The van der Waals surface area contributed by atoms with Crippen molar-refractivity contribution in [3.8, 4) is 23.0 Å². The van der Waals surface area contributed by atoms with Gasteiger partial charge in [-0.1, -0.05) is 19.1 Å². The summed E-state index contributed by atoms with van der Waals surface area (Å²) in [5.74, 6) is 2.36. The molecule has 0 amide bonds. The van der Waals surface area contributed by atoms with E-state index in [1.165, 1.54) is 0 Å². The molecule has 6 nitrogen and oxygen atoms in total. The molecule has 1 heterocycles. The number of hydrogen-bond acceptors (Lipinski definition) is 6. The summed E-state index contributed by atoms with van der Waals surface area (Å²) in [6, 6.07) is 11.7. The van der Waals surface area contributed by atoms with Crippen molar-refractivity contribution >= 4 is 5.97 Å². The standard InChI is InChI=1S/C21H24O6/c1-4-16(14-6-8-15(23-3)9-7-14)17-10-19-20(27-13-26-19)11-18(17)25-12-21(22)24-5-2/h6-11,16H,4-5,12-13H2,1-3H3/t16-/m1/s1.